The maximum absolute atomic E-state index is 13.5. The van der Waals surface area contributed by atoms with Crippen molar-refractivity contribution < 1.29 is 23.9 Å². The number of aromatic nitrogens is 2. The Kier molecular flexibility index (Phi) is 6.17. The Labute approximate surface area is 200 Å². The van der Waals surface area contributed by atoms with Gasteiger partial charge in [0.25, 0.3) is 5.56 Å². The number of benzene rings is 2. The van der Waals surface area contributed by atoms with Crippen LogP contribution in [-0.2, 0) is 20.8 Å². The van der Waals surface area contributed by atoms with Crippen LogP contribution in [-0.4, -0.2) is 26.4 Å². The second-order valence-electron chi connectivity index (χ2n) is 8.89. The number of nitrogens with one attached hydrogen (secondary N) is 1. The molecule has 35 heavy (non-hydrogen) atoms. The van der Waals surface area contributed by atoms with Crippen molar-refractivity contribution in [3.8, 4) is 5.69 Å². The summed E-state index contributed by atoms with van der Waals surface area (Å²) >= 11 is 0. The second-order valence-corrected chi connectivity index (χ2v) is 8.89. The monoisotopic (exact) mass is 477 g/mol. The predicted molar refractivity (Wildman–Crippen MR) is 125 cm³/mol. The smallest absolute Gasteiger partial charge is 0.303 e. The van der Waals surface area contributed by atoms with Gasteiger partial charge in [-0.1, -0.05) is 6.07 Å². The highest BCUT2D eigenvalue weighted by molar-refractivity contribution is 5.97. The van der Waals surface area contributed by atoms with Crippen molar-refractivity contribution >= 4 is 22.7 Å². The van der Waals surface area contributed by atoms with Crippen molar-refractivity contribution in [1.29, 1.82) is 0 Å². The topological polar surface area (TPSA) is 111 Å². The second kappa shape index (κ2) is 9.42. The molecule has 2 aliphatic rings. The number of fused-ring (bicyclic) bond motifs is 1. The molecule has 1 atom stereocenters. The van der Waals surface area contributed by atoms with Crippen LogP contribution in [0.2, 0.25) is 0 Å². The fraction of sp³-hybridized carbons (Fsp3) is 0.308. The summed E-state index contributed by atoms with van der Waals surface area (Å²) in [5.41, 5.74) is 4.33. The summed E-state index contributed by atoms with van der Waals surface area (Å²) in [4.78, 5) is 46.8. The molecule has 1 aromatic heterocycles. The van der Waals surface area contributed by atoms with Gasteiger partial charge in [-0.3, -0.25) is 19.0 Å². The van der Waals surface area contributed by atoms with Crippen LogP contribution in [0.15, 0.2) is 59.1 Å². The van der Waals surface area contributed by atoms with Gasteiger partial charge in [0.2, 0.25) is 5.78 Å². The zero-order valence-electron chi connectivity index (χ0n) is 18.9. The minimum Gasteiger partial charge on any atom is -0.481 e. The number of Topliss-reactive ketones (excluding diaryl/α,β-unsaturated/α-hetero) is 1. The highest BCUT2D eigenvalue weighted by Gasteiger charge is 2.35. The number of ketones is 1. The molecular weight excluding hydrogens is 453 g/mol. The van der Waals surface area contributed by atoms with Crippen molar-refractivity contribution in [1.82, 2.24) is 15.0 Å². The average molecular weight is 477 g/mol. The Morgan fingerprint density at radius 3 is 2.63 bits per heavy atom. The van der Waals surface area contributed by atoms with Crippen molar-refractivity contribution in [2.24, 2.45) is 5.92 Å². The molecule has 2 N–H and O–H groups in total. The molecule has 1 fully saturated rings. The maximum atomic E-state index is 13.5. The molecule has 0 bridgehead atoms. The standard InChI is InChI=1S/C26H24FN3O5/c27-17-8-10-18(11-9-17)30-23(3-1-2-4-24(31)32)28-21-13-16(7-12-19(21)26(30)34)20-14-22(35-29-20)25(33)15-5-6-15/h7-15,20,29H,1-6H2,(H,31,32). The molecule has 0 radical (unpaired) electrons. The summed E-state index contributed by atoms with van der Waals surface area (Å²) in [6, 6.07) is 10.5. The number of hydroxylamine groups is 1. The van der Waals surface area contributed by atoms with Gasteiger partial charge >= 0.3 is 5.97 Å². The quantitative estimate of drug-likeness (QED) is 0.452. The number of carbonyl (C=O) groups excluding carboxylic acids is 1. The third-order valence-corrected chi connectivity index (χ3v) is 6.25. The summed E-state index contributed by atoms with van der Waals surface area (Å²) in [7, 11) is 0. The van der Waals surface area contributed by atoms with Crippen LogP contribution in [0.4, 0.5) is 4.39 Å². The molecule has 2 aromatic carbocycles. The van der Waals surface area contributed by atoms with E-state index in [-0.39, 0.29) is 29.7 Å². The first kappa shape index (κ1) is 22.9. The lowest BCUT2D eigenvalue weighted by atomic mass is 10.0. The van der Waals surface area contributed by atoms with Gasteiger partial charge in [0.15, 0.2) is 5.76 Å². The first-order valence-electron chi connectivity index (χ1n) is 11.6. The van der Waals surface area contributed by atoms with Crippen LogP contribution >= 0.6 is 0 Å². The first-order valence-corrected chi connectivity index (χ1v) is 11.6. The molecule has 1 aliphatic carbocycles. The average Bonchev–Trinajstić information content (AvgIpc) is 3.58. The molecule has 1 aliphatic heterocycles. The van der Waals surface area contributed by atoms with Crippen LogP contribution in [0.3, 0.4) is 0 Å². The van der Waals surface area contributed by atoms with Crippen LogP contribution in [0.25, 0.3) is 16.6 Å². The highest BCUT2D eigenvalue weighted by atomic mass is 19.1. The molecule has 1 saturated carbocycles. The third-order valence-electron chi connectivity index (χ3n) is 6.25. The Morgan fingerprint density at radius 2 is 1.91 bits per heavy atom. The van der Waals surface area contributed by atoms with Crippen molar-refractivity contribution in [3.05, 3.63) is 81.9 Å². The number of halogens is 1. The van der Waals surface area contributed by atoms with E-state index in [9.17, 15) is 18.8 Å². The van der Waals surface area contributed by atoms with E-state index in [0.717, 1.165) is 18.4 Å². The number of aliphatic carboxylic acids is 1. The molecule has 8 nitrogen and oxygen atoms in total. The zero-order valence-corrected chi connectivity index (χ0v) is 18.9. The normalized spacial score (nSPS) is 17.3. The number of nitrogens with zero attached hydrogens (tertiary/aromatic N) is 2. The SMILES string of the molecule is O=C(O)CCCCc1nc2cc(C3C=C(C(=O)C4CC4)ON3)ccc2c(=O)n1-c1ccc(F)cc1. The number of carboxylic acid groups (broad SMARTS) is 1. The van der Waals surface area contributed by atoms with Gasteiger partial charge in [-0.2, -0.15) is 0 Å². The largest absolute Gasteiger partial charge is 0.481 e. The summed E-state index contributed by atoms with van der Waals surface area (Å²) in [6.45, 7) is 0. The predicted octanol–water partition coefficient (Wildman–Crippen LogP) is 3.76. The van der Waals surface area contributed by atoms with Gasteiger partial charge in [0, 0.05) is 18.8 Å². The molecule has 0 spiro atoms. The number of hydrogen-bond acceptors (Lipinski definition) is 6. The fourth-order valence-corrected chi connectivity index (χ4v) is 4.22. The summed E-state index contributed by atoms with van der Waals surface area (Å²) < 4.78 is 14.9. The van der Waals surface area contributed by atoms with E-state index >= 15 is 0 Å². The molecule has 1 unspecified atom stereocenters. The summed E-state index contributed by atoms with van der Waals surface area (Å²) in [5.74, 6) is -0.458. The van der Waals surface area contributed by atoms with Crippen LogP contribution in [0.5, 0.6) is 0 Å². The van der Waals surface area contributed by atoms with E-state index in [2.05, 4.69) is 5.48 Å². The molecule has 5 rings (SSSR count). The van der Waals surface area contributed by atoms with Crippen molar-refractivity contribution in [2.75, 3.05) is 0 Å². The van der Waals surface area contributed by atoms with E-state index in [4.69, 9.17) is 14.9 Å². The summed E-state index contributed by atoms with van der Waals surface area (Å²) in [5, 5.41) is 9.32. The van der Waals surface area contributed by atoms with Crippen molar-refractivity contribution in [3.63, 3.8) is 0 Å². The Morgan fingerprint density at radius 1 is 1.14 bits per heavy atom. The van der Waals surface area contributed by atoms with Crippen LogP contribution in [0.1, 0.15) is 49.5 Å². The van der Waals surface area contributed by atoms with Gasteiger partial charge in [0.05, 0.1) is 22.6 Å². The van der Waals surface area contributed by atoms with E-state index < -0.39 is 11.8 Å². The zero-order chi connectivity index (χ0) is 24.5. The van der Waals surface area contributed by atoms with Gasteiger partial charge in [0.1, 0.15) is 11.6 Å². The van der Waals surface area contributed by atoms with E-state index in [1.54, 1.807) is 24.3 Å². The van der Waals surface area contributed by atoms with E-state index in [0.29, 0.717) is 47.4 Å². The van der Waals surface area contributed by atoms with E-state index in [1.807, 2.05) is 0 Å². The molecule has 2 heterocycles. The van der Waals surface area contributed by atoms with Gasteiger partial charge in [-0.25, -0.2) is 9.37 Å². The van der Waals surface area contributed by atoms with Crippen molar-refractivity contribution in [2.45, 2.75) is 44.6 Å². The lowest BCUT2D eigenvalue weighted by molar-refractivity contribution is -0.137. The van der Waals surface area contributed by atoms with Gasteiger partial charge < -0.3 is 9.94 Å². The molecule has 0 saturated heterocycles. The molecule has 180 valence electrons. The number of aryl methyl sites for hydroxylation is 1. The molecular formula is C26H24FN3O5. The number of hydrogen-bond donors (Lipinski definition) is 2. The Hall–Kier alpha value is -3.85. The third kappa shape index (κ3) is 4.85. The lowest BCUT2D eigenvalue weighted by Gasteiger charge is -2.15. The number of allylic oxidation sites excluding steroid dienone is 1. The molecule has 9 heteroatoms. The number of carboxylic acids is 1. The minimum atomic E-state index is -0.879. The van der Waals surface area contributed by atoms with Crippen LogP contribution in [0, 0.1) is 11.7 Å². The summed E-state index contributed by atoms with van der Waals surface area (Å²) in [6.07, 6.45) is 4.90. The van der Waals surface area contributed by atoms with Gasteiger partial charge in [-0.05, 0) is 73.7 Å². The maximum Gasteiger partial charge on any atom is 0.303 e. The molecule has 0 amide bonds. The Balaban J connectivity index is 1.51. The number of unbranched alkanes of at least 4 members (excludes halogenated alkanes) is 1. The number of carbonyl (C=O) groups is 2. The Bertz CT molecular complexity index is 1390. The van der Waals surface area contributed by atoms with Crippen LogP contribution < -0.4 is 11.0 Å². The molecule has 3 aromatic rings. The lowest BCUT2D eigenvalue weighted by Crippen LogP contribution is -2.24. The minimum absolute atomic E-state index is 0.00439. The first-order chi connectivity index (χ1) is 16.9. The number of rotatable bonds is 9. The fourth-order valence-electron chi connectivity index (χ4n) is 4.22. The van der Waals surface area contributed by atoms with Gasteiger partial charge in [-0.15, -0.1) is 5.48 Å². The van der Waals surface area contributed by atoms with E-state index in [1.165, 1.54) is 28.8 Å². The highest BCUT2D eigenvalue weighted by Crippen LogP contribution is 2.35.